The lowest BCUT2D eigenvalue weighted by molar-refractivity contribution is 0.0690. The van der Waals surface area contributed by atoms with Gasteiger partial charge in [0.1, 0.15) is 0 Å². The van der Waals surface area contributed by atoms with Gasteiger partial charge in [0.15, 0.2) is 5.69 Å². The summed E-state index contributed by atoms with van der Waals surface area (Å²) in [5.74, 6) is -1.17. The van der Waals surface area contributed by atoms with Crippen LogP contribution in [0.3, 0.4) is 0 Å². The molecule has 27 heavy (non-hydrogen) atoms. The molecule has 0 aliphatic heterocycles. The molecule has 0 bridgehead atoms. The van der Waals surface area contributed by atoms with Gasteiger partial charge in [-0.05, 0) is 42.0 Å². The molecule has 0 atom stereocenters. The van der Waals surface area contributed by atoms with Crippen molar-refractivity contribution in [1.29, 1.82) is 0 Å². The van der Waals surface area contributed by atoms with Gasteiger partial charge in [0.2, 0.25) is 0 Å². The Labute approximate surface area is 160 Å². The van der Waals surface area contributed by atoms with Crippen LogP contribution in [-0.2, 0) is 10.0 Å². The highest BCUT2D eigenvalue weighted by atomic mass is 35.5. The van der Waals surface area contributed by atoms with E-state index in [-0.39, 0.29) is 11.4 Å². The molecule has 0 saturated heterocycles. The largest absolute Gasteiger partial charge is 0.476 e. The summed E-state index contributed by atoms with van der Waals surface area (Å²) in [6.45, 7) is 0. The maximum Gasteiger partial charge on any atom is 0.356 e. The molecule has 1 aromatic heterocycles. The van der Waals surface area contributed by atoms with E-state index in [4.69, 9.17) is 16.7 Å². The molecule has 0 fully saturated rings. The summed E-state index contributed by atoms with van der Waals surface area (Å²) >= 11 is 5.81. The third-order valence-electron chi connectivity index (χ3n) is 3.52. The number of aromatic nitrogens is 2. The second-order valence-electron chi connectivity index (χ2n) is 5.47. The van der Waals surface area contributed by atoms with Crippen LogP contribution >= 0.6 is 11.6 Å². The van der Waals surface area contributed by atoms with Gasteiger partial charge in [-0.3, -0.25) is 4.72 Å². The standard InChI is InChI=1S/C18H14ClN3O4S/c19-14-7-5-13(6-8-14)10-12-27(25,26)21-15-3-1-2-4-17(15)22-11-9-16(20-22)18(23)24/h1-12,21H,(H,23,24)/b12-10+. The van der Waals surface area contributed by atoms with Gasteiger partial charge in [-0.1, -0.05) is 35.9 Å². The van der Waals surface area contributed by atoms with Gasteiger partial charge in [-0.2, -0.15) is 5.10 Å². The number of anilines is 1. The first-order valence-electron chi connectivity index (χ1n) is 7.69. The van der Waals surface area contributed by atoms with Crippen LogP contribution in [0.15, 0.2) is 66.2 Å². The van der Waals surface area contributed by atoms with E-state index in [1.165, 1.54) is 23.0 Å². The van der Waals surface area contributed by atoms with E-state index in [0.717, 1.165) is 5.41 Å². The second kappa shape index (κ2) is 7.65. The van der Waals surface area contributed by atoms with Crippen molar-refractivity contribution in [2.24, 2.45) is 0 Å². The zero-order valence-corrected chi connectivity index (χ0v) is 15.4. The number of rotatable bonds is 6. The summed E-state index contributed by atoms with van der Waals surface area (Å²) in [4.78, 5) is 11.0. The average Bonchev–Trinajstić information content (AvgIpc) is 3.12. The number of nitrogens with one attached hydrogen (secondary N) is 1. The van der Waals surface area contributed by atoms with Crippen molar-refractivity contribution in [1.82, 2.24) is 9.78 Å². The molecule has 1 heterocycles. The SMILES string of the molecule is O=C(O)c1ccn(-c2ccccc2NS(=O)(=O)/C=C/c2ccc(Cl)cc2)n1. The Balaban J connectivity index is 1.86. The molecule has 0 saturated carbocycles. The molecule has 9 heteroatoms. The van der Waals surface area contributed by atoms with E-state index < -0.39 is 16.0 Å². The number of hydrogen-bond acceptors (Lipinski definition) is 4. The number of benzene rings is 2. The minimum absolute atomic E-state index is 0.143. The highest BCUT2D eigenvalue weighted by Crippen LogP contribution is 2.21. The minimum atomic E-state index is -3.80. The molecule has 2 aromatic carbocycles. The number of carbonyl (C=O) groups is 1. The van der Waals surface area contributed by atoms with Crippen LogP contribution in [0.2, 0.25) is 5.02 Å². The number of carboxylic acid groups (broad SMARTS) is 1. The topological polar surface area (TPSA) is 101 Å². The molecule has 0 aliphatic rings. The molecule has 0 aliphatic carbocycles. The summed E-state index contributed by atoms with van der Waals surface area (Å²) in [5, 5.41) is 14.5. The molecule has 0 amide bonds. The quantitative estimate of drug-likeness (QED) is 0.654. The van der Waals surface area contributed by atoms with Gasteiger partial charge in [0, 0.05) is 11.2 Å². The van der Waals surface area contributed by atoms with Crippen LogP contribution in [0, 0.1) is 0 Å². The van der Waals surface area contributed by atoms with Gasteiger partial charge in [-0.25, -0.2) is 17.9 Å². The lowest BCUT2D eigenvalue weighted by atomic mass is 10.2. The van der Waals surface area contributed by atoms with Crippen molar-refractivity contribution >= 4 is 39.4 Å². The second-order valence-corrected chi connectivity index (χ2v) is 7.47. The zero-order valence-electron chi connectivity index (χ0n) is 13.8. The zero-order chi connectivity index (χ0) is 19.4. The highest BCUT2D eigenvalue weighted by molar-refractivity contribution is 7.95. The number of hydrogen-bond donors (Lipinski definition) is 2. The summed E-state index contributed by atoms with van der Waals surface area (Å²) in [6.07, 6.45) is 2.89. The van der Waals surface area contributed by atoms with Crippen molar-refractivity contribution in [2.45, 2.75) is 0 Å². The molecular formula is C18H14ClN3O4S. The fraction of sp³-hybridized carbons (Fsp3) is 0. The molecule has 0 spiro atoms. The fourth-order valence-electron chi connectivity index (χ4n) is 2.26. The minimum Gasteiger partial charge on any atom is -0.476 e. The summed E-state index contributed by atoms with van der Waals surface area (Å²) in [5.41, 5.74) is 1.19. The van der Waals surface area contributed by atoms with E-state index in [2.05, 4.69) is 9.82 Å². The number of carboxylic acids is 1. The van der Waals surface area contributed by atoms with Crippen molar-refractivity contribution in [3.05, 3.63) is 82.5 Å². The third kappa shape index (κ3) is 4.75. The maximum atomic E-state index is 12.4. The predicted octanol–water partition coefficient (Wildman–Crippen LogP) is 3.64. The first-order chi connectivity index (χ1) is 12.8. The molecule has 2 N–H and O–H groups in total. The van der Waals surface area contributed by atoms with Gasteiger partial charge in [0.25, 0.3) is 10.0 Å². The third-order valence-corrected chi connectivity index (χ3v) is 4.77. The van der Waals surface area contributed by atoms with Crippen molar-refractivity contribution < 1.29 is 18.3 Å². The van der Waals surface area contributed by atoms with E-state index in [9.17, 15) is 13.2 Å². The molecule has 7 nitrogen and oxygen atoms in total. The lowest BCUT2D eigenvalue weighted by Gasteiger charge is -2.10. The van der Waals surface area contributed by atoms with Crippen molar-refractivity contribution in [3.8, 4) is 5.69 Å². The fourth-order valence-corrected chi connectivity index (χ4v) is 3.27. The van der Waals surface area contributed by atoms with E-state index in [1.54, 1.807) is 48.5 Å². The Hall–Kier alpha value is -3.10. The molecular weight excluding hydrogens is 390 g/mol. The molecule has 0 radical (unpaired) electrons. The smallest absolute Gasteiger partial charge is 0.356 e. The Morgan fingerprint density at radius 2 is 1.81 bits per heavy atom. The Kier molecular flexibility index (Phi) is 5.29. The van der Waals surface area contributed by atoms with Gasteiger partial charge < -0.3 is 5.11 Å². The van der Waals surface area contributed by atoms with E-state index >= 15 is 0 Å². The van der Waals surface area contributed by atoms with Crippen LogP contribution in [0.4, 0.5) is 5.69 Å². The van der Waals surface area contributed by atoms with Crippen LogP contribution in [0.25, 0.3) is 11.8 Å². The monoisotopic (exact) mass is 403 g/mol. The van der Waals surface area contributed by atoms with Gasteiger partial charge in [-0.15, -0.1) is 0 Å². The van der Waals surface area contributed by atoms with E-state index in [0.29, 0.717) is 16.3 Å². The first kappa shape index (κ1) is 18.7. The van der Waals surface area contributed by atoms with Gasteiger partial charge >= 0.3 is 5.97 Å². The summed E-state index contributed by atoms with van der Waals surface area (Å²) < 4.78 is 28.5. The van der Waals surface area contributed by atoms with Crippen LogP contribution in [0.1, 0.15) is 16.1 Å². The number of halogens is 1. The lowest BCUT2D eigenvalue weighted by Crippen LogP contribution is -2.12. The van der Waals surface area contributed by atoms with Gasteiger partial charge in [0.05, 0.1) is 16.8 Å². The van der Waals surface area contributed by atoms with Crippen LogP contribution in [-0.4, -0.2) is 29.3 Å². The Morgan fingerprint density at radius 3 is 2.48 bits per heavy atom. The summed E-state index contributed by atoms with van der Waals surface area (Å²) in [6, 6.07) is 14.6. The highest BCUT2D eigenvalue weighted by Gasteiger charge is 2.13. The van der Waals surface area contributed by atoms with Crippen LogP contribution < -0.4 is 4.72 Å². The number of sulfonamides is 1. The van der Waals surface area contributed by atoms with Crippen LogP contribution in [0.5, 0.6) is 0 Å². The molecule has 0 unspecified atom stereocenters. The number of aromatic carboxylic acids is 1. The van der Waals surface area contributed by atoms with Crippen molar-refractivity contribution in [2.75, 3.05) is 4.72 Å². The Bertz CT molecular complexity index is 1110. The normalized spacial score (nSPS) is 11.6. The molecule has 138 valence electrons. The predicted molar refractivity (Wildman–Crippen MR) is 104 cm³/mol. The van der Waals surface area contributed by atoms with E-state index in [1.807, 2.05) is 0 Å². The summed E-state index contributed by atoms with van der Waals surface area (Å²) in [7, 11) is -3.80. The first-order valence-corrected chi connectivity index (χ1v) is 9.61. The number of nitrogens with zero attached hydrogens (tertiary/aromatic N) is 2. The molecule has 3 rings (SSSR count). The van der Waals surface area contributed by atoms with Crippen molar-refractivity contribution in [3.63, 3.8) is 0 Å². The maximum absolute atomic E-state index is 12.4. The average molecular weight is 404 g/mol. The number of para-hydroxylation sites is 2. The molecule has 3 aromatic rings. The Morgan fingerprint density at radius 1 is 1.11 bits per heavy atom.